The molecule has 1 atom stereocenters. The van der Waals surface area contributed by atoms with Crippen molar-refractivity contribution in [3.63, 3.8) is 0 Å². The van der Waals surface area contributed by atoms with E-state index in [2.05, 4.69) is 26.2 Å². The lowest BCUT2D eigenvalue weighted by Crippen LogP contribution is -2.31. The monoisotopic (exact) mass is 559 g/mol. The Labute approximate surface area is 212 Å². The lowest BCUT2D eigenvalue weighted by atomic mass is 10.0. The summed E-state index contributed by atoms with van der Waals surface area (Å²) in [6.07, 6.45) is -3.11. The Balaban J connectivity index is 1.95. The molecule has 2 aromatic heterocycles. The van der Waals surface area contributed by atoms with Gasteiger partial charge in [0, 0.05) is 17.3 Å². The van der Waals surface area contributed by atoms with Gasteiger partial charge in [0.15, 0.2) is 6.04 Å². The molecule has 0 spiro atoms. The van der Waals surface area contributed by atoms with Crippen LogP contribution in [0.1, 0.15) is 50.5 Å². The number of rotatable bonds is 6. The minimum Gasteiger partial charge on any atom is -0.478 e. The van der Waals surface area contributed by atoms with Gasteiger partial charge in [-0.1, -0.05) is 42.8 Å². The highest BCUT2D eigenvalue weighted by Crippen LogP contribution is 2.42. The number of carbonyl (C=O) groups excluding carboxylic acids is 1. The number of halogens is 4. The number of aromatic nitrogens is 2. The van der Waals surface area contributed by atoms with Gasteiger partial charge in [-0.3, -0.25) is 4.79 Å². The number of aromatic carboxylic acids is 1. The van der Waals surface area contributed by atoms with Crippen LogP contribution in [-0.2, 0) is 6.42 Å². The zero-order valence-electron chi connectivity index (χ0n) is 19.2. The molecule has 0 radical (unpaired) electrons. The van der Waals surface area contributed by atoms with Gasteiger partial charge >= 0.3 is 12.1 Å². The van der Waals surface area contributed by atoms with Crippen molar-refractivity contribution in [2.75, 3.05) is 5.32 Å². The molecule has 0 aliphatic rings. The predicted octanol–water partition coefficient (Wildman–Crippen LogP) is 6.77. The van der Waals surface area contributed by atoms with Gasteiger partial charge in [-0.05, 0) is 64.7 Å². The third-order valence-corrected chi connectivity index (χ3v) is 6.65. The normalized spacial score (nSPS) is 12.5. The number of carboxylic acid groups (broad SMARTS) is 1. The third-order valence-electron chi connectivity index (χ3n) is 5.85. The van der Waals surface area contributed by atoms with Crippen molar-refractivity contribution in [3.8, 4) is 0 Å². The van der Waals surface area contributed by atoms with Gasteiger partial charge in [0.25, 0.3) is 5.91 Å². The summed E-state index contributed by atoms with van der Waals surface area (Å²) < 4.78 is 44.9. The molecule has 2 aromatic carbocycles. The number of benzene rings is 2. The van der Waals surface area contributed by atoms with Crippen molar-refractivity contribution < 1.29 is 27.9 Å². The largest absolute Gasteiger partial charge is 0.478 e. The first kappa shape index (κ1) is 25.4. The number of pyridine rings is 1. The summed E-state index contributed by atoms with van der Waals surface area (Å²) in [5.41, 5.74) is 0.857. The average molecular weight is 560 g/mol. The summed E-state index contributed by atoms with van der Waals surface area (Å²) >= 11 is 3.33. The van der Waals surface area contributed by atoms with Gasteiger partial charge in [-0.2, -0.15) is 13.2 Å². The molecule has 6 nitrogen and oxygen atoms in total. The summed E-state index contributed by atoms with van der Waals surface area (Å²) in [5.74, 6) is -2.00. The van der Waals surface area contributed by atoms with Crippen molar-refractivity contribution >= 4 is 44.5 Å². The molecular weight excluding hydrogens is 539 g/mol. The van der Waals surface area contributed by atoms with Gasteiger partial charge in [-0.25, -0.2) is 9.78 Å². The van der Waals surface area contributed by atoms with E-state index in [9.17, 15) is 27.9 Å². The molecule has 0 bridgehead atoms. The Hall–Kier alpha value is -3.66. The molecule has 1 unspecified atom stereocenters. The molecule has 4 aromatic rings. The fourth-order valence-corrected chi connectivity index (χ4v) is 5.03. The fourth-order valence-electron chi connectivity index (χ4n) is 4.35. The van der Waals surface area contributed by atoms with Crippen LogP contribution in [0.3, 0.4) is 0 Å². The van der Waals surface area contributed by atoms with Crippen molar-refractivity contribution in [1.82, 2.24) is 9.55 Å². The summed E-state index contributed by atoms with van der Waals surface area (Å²) in [6, 6.07) is 11.3. The molecule has 36 heavy (non-hydrogen) atoms. The molecule has 0 saturated heterocycles. The minimum atomic E-state index is -4.76. The van der Waals surface area contributed by atoms with E-state index in [1.165, 1.54) is 42.6 Å². The second-order valence-electron chi connectivity index (χ2n) is 8.21. The smallest absolute Gasteiger partial charge is 0.413 e. The topological polar surface area (TPSA) is 84.2 Å². The van der Waals surface area contributed by atoms with Gasteiger partial charge < -0.3 is 15.0 Å². The maximum Gasteiger partial charge on any atom is 0.413 e. The Bertz CT molecular complexity index is 1480. The first-order valence-electron chi connectivity index (χ1n) is 11.0. The molecular formula is C26H21BrF3N3O3. The molecule has 186 valence electrons. The Kier molecular flexibility index (Phi) is 6.90. The van der Waals surface area contributed by atoms with Crippen molar-refractivity contribution in [2.24, 2.45) is 0 Å². The first-order valence-corrected chi connectivity index (χ1v) is 11.8. The number of amides is 1. The fraction of sp³-hybridized carbons (Fsp3) is 0.192. The summed E-state index contributed by atoms with van der Waals surface area (Å²) in [4.78, 5) is 29.4. The second kappa shape index (κ2) is 9.77. The van der Waals surface area contributed by atoms with E-state index in [0.29, 0.717) is 16.5 Å². The minimum absolute atomic E-state index is 0.00417. The molecule has 1 amide bonds. The highest BCUT2D eigenvalue weighted by atomic mass is 79.9. The highest BCUT2D eigenvalue weighted by Gasteiger charge is 2.45. The summed E-state index contributed by atoms with van der Waals surface area (Å²) in [5, 5.41) is 12.5. The van der Waals surface area contributed by atoms with Crippen LogP contribution < -0.4 is 5.32 Å². The molecule has 10 heteroatoms. The van der Waals surface area contributed by atoms with E-state index in [0.717, 1.165) is 4.57 Å². The first-order chi connectivity index (χ1) is 17.0. The predicted molar refractivity (Wildman–Crippen MR) is 134 cm³/mol. The molecule has 2 N–H and O–H groups in total. The summed E-state index contributed by atoms with van der Waals surface area (Å²) in [7, 11) is 0. The molecule has 0 fully saturated rings. The lowest BCUT2D eigenvalue weighted by Gasteiger charge is -2.25. The van der Waals surface area contributed by atoms with Gasteiger partial charge in [0.1, 0.15) is 11.3 Å². The zero-order chi connectivity index (χ0) is 26.2. The highest BCUT2D eigenvalue weighted by molar-refractivity contribution is 9.10. The number of alkyl halides is 3. The molecule has 0 saturated carbocycles. The Morgan fingerprint density at radius 1 is 1.14 bits per heavy atom. The van der Waals surface area contributed by atoms with E-state index < -0.39 is 24.1 Å². The van der Waals surface area contributed by atoms with Crippen LogP contribution in [-0.4, -0.2) is 32.7 Å². The number of aryl methyl sites for hydroxylation is 1. The van der Waals surface area contributed by atoms with Crippen LogP contribution in [0.5, 0.6) is 0 Å². The molecule has 4 rings (SSSR count). The van der Waals surface area contributed by atoms with E-state index in [4.69, 9.17) is 0 Å². The van der Waals surface area contributed by atoms with Crippen LogP contribution in [0.25, 0.3) is 11.0 Å². The quantitative estimate of drug-likeness (QED) is 0.273. The van der Waals surface area contributed by atoms with E-state index in [-0.39, 0.29) is 39.0 Å². The standard InChI is InChI=1S/C26H21BrF3N3O3/c1-3-16-17(25(35)36)9-5-11-19(16)32-24(34)21-20(27)18-10-6-12-31-23(18)33(21)22(26(28,29)30)15-8-4-7-14(2)13-15/h4-13,22H,3H2,1-2H3,(H,32,34)(H,35,36). The van der Waals surface area contributed by atoms with Crippen LogP contribution in [0, 0.1) is 6.92 Å². The number of carbonyl (C=O) groups is 2. The van der Waals surface area contributed by atoms with Gasteiger partial charge in [0.2, 0.25) is 0 Å². The average Bonchev–Trinajstić information content (AvgIpc) is 3.10. The lowest BCUT2D eigenvalue weighted by molar-refractivity contribution is -0.156. The number of carboxylic acids is 1. The Morgan fingerprint density at radius 3 is 2.50 bits per heavy atom. The number of hydrogen-bond acceptors (Lipinski definition) is 3. The van der Waals surface area contributed by atoms with Crippen LogP contribution >= 0.6 is 15.9 Å². The van der Waals surface area contributed by atoms with Crippen molar-refractivity contribution in [3.05, 3.63) is 93.2 Å². The number of fused-ring (bicyclic) bond motifs is 1. The maximum atomic E-state index is 14.6. The third kappa shape index (κ3) is 4.60. The van der Waals surface area contributed by atoms with Crippen LogP contribution in [0.2, 0.25) is 0 Å². The van der Waals surface area contributed by atoms with Crippen LogP contribution in [0.4, 0.5) is 18.9 Å². The molecule has 2 heterocycles. The van der Waals surface area contributed by atoms with Gasteiger partial charge in [0.05, 0.1) is 10.0 Å². The second-order valence-corrected chi connectivity index (χ2v) is 9.00. The molecule has 0 aliphatic heterocycles. The van der Waals surface area contributed by atoms with Crippen molar-refractivity contribution in [2.45, 2.75) is 32.5 Å². The van der Waals surface area contributed by atoms with E-state index in [1.807, 2.05) is 0 Å². The number of hydrogen-bond donors (Lipinski definition) is 2. The number of nitrogens with zero attached hydrogens (tertiary/aromatic N) is 2. The zero-order valence-corrected chi connectivity index (χ0v) is 20.8. The van der Waals surface area contributed by atoms with Gasteiger partial charge in [-0.15, -0.1) is 0 Å². The number of nitrogens with one attached hydrogen (secondary N) is 1. The SMILES string of the molecule is CCc1c(NC(=O)c2c(Br)c3cccnc3n2C(c2cccc(C)c2)C(F)(F)F)cccc1C(=O)O. The van der Waals surface area contributed by atoms with E-state index in [1.54, 1.807) is 32.0 Å². The van der Waals surface area contributed by atoms with Crippen LogP contribution in [0.15, 0.2) is 65.3 Å². The maximum absolute atomic E-state index is 14.6. The number of anilines is 1. The Morgan fingerprint density at radius 2 is 1.86 bits per heavy atom. The summed E-state index contributed by atoms with van der Waals surface area (Å²) in [6.45, 7) is 3.42. The molecule has 0 aliphatic carbocycles. The van der Waals surface area contributed by atoms with E-state index >= 15 is 0 Å². The van der Waals surface area contributed by atoms with Crippen molar-refractivity contribution in [1.29, 1.82) is 0 Å².